The SMILES string of the molecule is CCNC(c1csc(I)c1)c1ccc(Br)c2ccccc12. The first-order valence-corrected chi connectivity index (χ1v) is 9.60. The van der Waals surface area contributed by atoms with Crippen molar-refractivity contribution in [3.05, 3.63) is 66.3 Å². The summed E-state index contributed by atoms with van der Waals surface area (Å²) < 4.78 is 2.48. The topological polar surface area (TPSA) is 12.0 Å². The number of rotatable bonds is 4. The summed E-state index contributed by atoms with van der Waals surface area (Å²) in [6.07, 6.45) is 0. The molecule has 1 heterocycles. The first-order valence-electron chi connectivity index (χ1n) is 6.85. The van der Waals surface area contributed by atoms with Crippen LogP contribution in [0.4, 0.5) is 0 Å². The molecule has 0 aliphatic carbocycles. The quantitative estimate of drug-likeness (QED) is 0.462. The molecular formula is C17H15BrINS. The van der Waals surface area contributed by atoms with Crippen LogP contribution in [-0.2, 0) is 0 Å². The lowest BCUT2D eigenvalue weighted by molar-refractivity contribution is 0.636. The lowest BCUT2D eigenvalue weighted by Gasteiger charge is -2.20. The van der Waals surface area contributed by atoms with E-state index in [2.05, 4.69) is 98.6 Å². The van der Waals surface area contributed by atoms with E-state index in [0.717, 1.165) is 11.0 Å². The standard InChI is InChI=1S/C17H15BrINS/c1-2-20-17(11-9-16(19)21-10-11)14-7-8-15(18)13-6-4-3-5-12(13)14/h3-10,17,20H,2H2,1H3. The van der Waals surface area contributed by atoms with E-state index in [4.69, 9.17) is 0 Å². The van der Waals surface area contributed by atoms with Gasteiger partial charge < -0.3 is 5.32 Å². The van der Waals surface area contributed by atoms with Crippen LogP contribution in [0.1, 0.15) is 24.1 Å². The lowest BCUT2D eigenvalue weighted by atomic mass is 9.95. The smallest absolute Gasteiger partial charge is 0.0656 e. The summed E-state index contributed by atoms with van der Waals surface area (Å²) in [6.45, 7) is 3.10. The highest BCUT2D eigenvalue weighted by atomic mass is 127. The average molecular weight is 472 g/mol. The first-order chi connectivity index (χ1) is 10.2. The predicted molar refractivity (Wildman–Crippen MR) is 104 cm³/mol. The first kappa shape index (κ1) is 15.5. The highest BCUT2D eigenvalue weighted by Crippen LogP contribution is 2.34. The fraction of sp³-hybridized carbons (Fsp3) is 0.176. The van der Waals surface area contributed by atoms with Gasteiger partial charge in [0.05, 0.1) is 8.93 Å². The van der Waals surface area contributed by atoms with Crippen LogP contribution in [0.3, 0.4) is 0 Å². The van der Waals surface area contributed by atoms with Gasteiger partial charge in [0.25, 0.3) is 0 Å². The fourth-order valence-electron chi connectivity index (χ4n) is 2.62. The molecule has 0 amide bonds. The van der Waals surface area contributed by atoms with Crippen LogP contribution in [0.25, 0.3) is 10.8 Å². The van der Waals surface area contributed by atoms with Crippen molar-refractivity contribution in [2.75, 3.05) is 6.54 Å². The Bertz CT molecular complexity index is 768. The largest absolute Gasteiger partial charge is 0.306 e. The number of hydrogen-bond acceptors (Lipinski definition) is 2. The van der Waals surface area contributed by atoms with E-state index in [1.54, 1.807) is 11.3 Å². The second kappa shape index (κ2) is 6.77. The van der Waals surface area contributed by atoms with Crippen molar-refractivity contribution in [3.63, 3.8) is 0 Å². The van der Waals surface area contributed by atoms with Gasteiger partial charge in [-0.3, -0.25) is 0 Å². The van der Waals surface area contributed by atoms with Crippen molar-refractivity contribution in [1.29, 1.82) is 0 Å². The van der Waals surface area contributed by atoms with Crippen LogP contribution >= 0.6 is 49.9 Å². The normalized spacial score (nSPS) is 12.7. The summed E-state index contributed by atoms with van der Waals surface area (Å²) in [4.78, 5) is 0. The Morgan fingerprint density at radius 2 is 1.95 bits per heavy atom. The van der Waals surface area contributed by atoms with Crippen molar-refractivity contribution < 1.29 is 0 Å². The minimum absolute atomic E-state index is 0.243. The summed E-state index contributed by atoms with van der Waals surface area (Å²) >= 11 is 7.85. The minimum Gasteiger partial charge on any atom is -0.306 e. The average Bonchev–Trinajstić information content (AvgIpc) is 2.92. The maximum atomic E-state index is 3.66. The van der Waals surface area contributed by atoms with E-state index in [1.165, 1.54) is 24.8 Å². The molecule has 1 atom stereocenters. The molecule has 1 N–H and O–H groups in total. The predicted octanol–water partition coefficient (Wildman–Crippen LogP) is 5.97. The number of nitrogens with one attached hydrogen (secondary N) is 1. The van der Waals surface area contributed by atoms with Crippen LogP contribution < -0.4 is 5.32 Å². The van der Waals surface area contributed by atoms with Crippen LogP contribution in [0.15, 0.2) is 52.3 Å². The van der Waals surface area contributed by atoms with E-state index in [-0.39, 0.29) is 6.04 Å². The van der Waals surface area contributed by atoms with Crippen molar-refractivity contribution in [3.8, 4) is 0 Å². The van der Waals surface area contributed by atoms with Crippen molar-refractivity contribution >= 4 is 60.6 Å². The van der Waals surface area contributed by atoms with E-state index in [9.17, 15) is 0 Å². The molecule has 0 bridgehead atoms. The molecule has 21 heavy (non-hydrogen) atoms. The third-order valence-corrected chi connectivity index (χ3v) is 6.04. The third kappa shape index (κ3) is 3.18. The van der Waals surface area contributed by atoms with Crippen LogP contribution in [-0.4, -0.2) is 6.54 Å². The number of fused-ring (bicyclic) bond motifs is 1. The van der Waals surface area contributed by atoms with Gasteiger partial charge in [0.2, 0.25) is 0 Å². The second-order valence-corrected chi connectivity index (χ2v) is 8.52. The van der Waals surface area contributed by atoms with Crippen molar-refractivity contribution in [2.24, 2.45) is 0 Å². The summed E-state index contributed by atoms with van der Waals surface area (Å²) in [6, 6.07) is 15.5. The Balaban J connectivity index is 2.18. The van der Waals surface area contributed by atoms with Gasteiger partial charge in [-0.15, -0.1) is 11.3 Å². The Morgan fingerprint density at radius 3 is 2.62 bits per heavy atom. The van der Waals surface area contributed by atoms with Crippen molar-refractivity contribution in [1.82, 2.24) is 5.32 Å². The Labute approximate surface area is 151 Å². The summed E-state index contributed by atoms with van der Waals surface area (Å²) in [5.41, 5.74) is 2.68. The summed E-state index contributed by atoms with van der Waals surface area (Å²) in [5.74, 6) is 0. The van der Waals surface area contributed by atoms with Gasteiger partial charge in [-0.05, 0) is 68.5 Å². The number of thiophene rings is 1. The summed E-state index contributed by atoms with van der Waals surface area (Å²) in [5, 5.41) is 8.46. The molecule has 1 aromatic heterocycles. The molecular weight excluding hydrogens is 457 g/mol. The second-order valence-electron chi connectivity index (χ2n) is 4.86. The molecule has 1 unspecified atom stereocenters. The highest BCUT2D eigenvalue weighted by molar-refractivity contribution is 14.1. The molecule has 0 spiro atoms. The van der Waals surface area contributed by atoms with Gasteiger partial charge >= 0.3 is 0 Å². The molecule has 3 rings (SSSR count). The van der Waals surface area contributed by atoms with Crippen molar-refractivity contribution in [2.45, 2.75) is 13.0 Å². The van der Waals surface area contributed by atoms with Crippen LogP contribution in [0.5, 0.6) is 0 Å². The maximum Gasteiger partial charge on any atom is 0.0656 e. The Kier molecular flexibility index (Phi) is 4.99. The maximum absolute atomic E-state index is 3.66. The third-order valence-electron chi connectivity index (χ3n) is 3.54. The molecule has 0 aliphatic rings. The molecule has 0 radical (unpaired) electrons. The molecule has 0 fully saturated rings. The Hall–Kier alpha value is -0.430. The Morgan fingerprint density at radius 1 is 1.19 bits per heavy atom. The highest BCUT2D eigenvalue weighted by Gasteiger charge is 2.17. The molecule has 3 aromatic rings. The molecule has 0 aliphatic heterocycles. The van der Waals surface area contributed by atoms with Gasteiger partial charge in [-0.1, -0.05) is 53.2 Å². The van der Waals surface area contributed by atoms with Gasteiger partial charge in [-0.2, -0.15) is 0 Å². The summed E-state index contributed by atoms with van der Waals surface area (Å²) in [7, 11) is 0. The van der Waals surface area contributed by atoms with Crippen LogP contribution in [0.2, 0.25) is 0 Å². The van der Waals surface area contributed by atoms with E-state index < -0.39 is 0 Å². The van der Waals surface area contributed by atoms with Gasteiger partial charge in [0.15, 0.2) is 0 Å². The van der Waals surface area contributed by atoms with E-state index in [0.29, 0.717) is 0 Å². The molecule has 0 saturated heterocycles. The monoisotopic (exact) mass is 471 g/mol. The molecule has 108 valence electrons. The molecule has 0 saturated carbocycles. The number of benzene rings is 2. The van der Waals surface area contributed by atoms with Crippen LogP contribution in [0, 0.1) is 2.88 Å². The van der Waals surface area contributed by atoms with Gasteiger partial charge in [0.1, 0.15) is 0 Å². The zero-order chi connectivity index (χ0) is 14.8. The number of hydrogen-bond donors (Lipinski definition) is 1. The zero-order valence-corrected chi connectivity index (χ0v) is 16.1. The van der Waals surface area contributed by atoms with Gasteiger partial charge in [-0.25, -0.2) is 0 Å². The molecule has 4 heteroatoms. The molecule has 2 aromatic carbocycles. The molecule has 1 nitrogen and oxygen atoms in total. The fourth-order valence-corrected chi connectivity index (χ4v) is 4.50. The lowest BCUT2D eigenvalue weighted by Crippen LogP contribution is -2.21. The number of halogens is 2. The van der Waals surface area contributed by atoms with E-state index >= 15 is 0 Å². The zero-order valence-electron chi connectivity index (χ0n) is 11.6. The minimum atomic E-state index is 0.243. The van der Waals surface area contributed by atoms with Gasteiger partial charge in [0, 0.05) is 4.47 Å². The van der Waals surface area contributed by atoms with E-state index in [1.807, 2.05) is 0 Å².